The van der Waals surface area contributed by atoms with Crippen LogP contribution in [0.5, 0.6) is 0 Å². The molecule has 0 spiro atoms. The Morgan fingerprint density at radius 2 is 2.23 bits per heavy atom. The summed E-state index contributed by atoms with van der Waals surface area (Å²) >= 11 is 0. The van der Waals surface area contributed by atoms with Gasteiger partial charge in [-0.05, 0) is 6.07 Å². The van der Waals surface area contributed by atoms with Crippen LogP contribution < -0.4 is 0 Å². The number of nitro groups is 1. The minimum Gasteiger partial charge on any atom is -0.258 e. The minimum atomic E-state index is -0.441. The van der Waals surface area contributed by atoms with Crippen molar-refractivity contribution < 1.29 is 4.92 Å². The van der Waals surface area contributed by atoms with Gasteiger partial charge in [0.25, 0.3) is 5.69 Å². The number of para-hydroxylation sites is 1. The smallest absolute Gasteiger partial charge is 0.258 e. The van der Waals surface area contributed by atoms with E-state index in [1.807, 2.05) is 0 Å². The van der Waals surface area contributed by atoms with Gasteiger partial charge < -0.3 is 0 Å². The number of hydrogen-bond acceptors (Lipinski definition) is 3. The zero-order valence-corrected chi connectivity index (χ0v) is 6.60. The van der Waals surface area contributed by atoms with E-state index in [9.17, 15) is 10.1 Å². The first kappa shape index (κ1) is 7.67. The van der Waals surface area contributed by atoms with Crippen LogP contribution in [0.25, 0.3) is 10.9 Å². The molecule has 4 heteroatoms. The van der Waals surface area contributed by atoms with Gasteiger partial charge in [-0.25, -0.2) is 4.98 Å². The van der Waals surface area contributed by atoms with Gasteiger partial charge in [0.2, 0.25) is 0 Å². The number of rotatable bonds is 1. The molecule has 0 saturated carbocycles. The van der Waals surface area contributed by atoms with Gasteiger partial charge in [-0.15, -0.1) is 0 Å². The number of nitrogens with zero attached hydrogens (tertiary/aromatic N) is 2. The van der Waals surface area contributed by atoms with Crippen LogP contribution in [0.4, 0.5) is 5.69 Å². The minimum absolute atomic E-state index is 0.0225. The van der Waals surface area contributed by atoms with E-state index in [0.29, 0.717) is 5.52 Å². The Morgan fingerprint density at radius 1 is 1.38 bits per heavy atom. The fraction of sp³-hybridized carbons (Fsp3) is 0. The summed E-state index contributed by atoms with van der Waals surface area (Å²) in [5.41, 5.74) is 0.407. The Hall–Kier alpha value is -1.97. The van der Waals surface area contributed by atoms with Crippen molar-refractivity contribution >= 4 is 16.6 Å². The van der Waals surface area contributed by atoms with Gasteiger partial charge >= 0.3 is 0 Å². The first-order valence-corrected chi connectivity index (χ1v) is 3.69. The van der Waals surface area contributed by atoms with Gasteiger partial charge in [0.15, 0.2) is 0 Å². The standard InChI is InChI=1S/C9H5N2O2/c12-11(13)8-5-1-3-7-4-2-6-10-9(7)8/h1-5H. The molecule has 0 aliphatic rings. The fourth-order valence-corrected chi connectivity index (χ4v) is 1.18. The van der Waals surface area contributed by atoms with Crippen molar-refractivity contribution in [3.05, 3.63) is 46.6 Å². The Kier molecular flexibility index (Phi) is 1.66. The molecule has 13 heavy (non-hydrogen) atoms. The molecule has 0 aliphatic carbocycles. The highest BCUT2D eigenvalue weighted by Gasteiger charge is 2.10. The number of nitro benzene ring substituents is 1. The Morgan fingerprint density at radius 3 is 3.00 bits per heavy atom. The Bertz CT molecular complexity index is 463. The zero-order valence-electron chi connectivity index (χ0n) is 6.60. The second kappa shape index (κ2) is 2.82. The third-order valence-electron chi connectivity index (χ3n) is 1.76. The van der Waals surface area contributed by atoms with Crippen LogP contribution in [0.15, 0.2) is 30.3 Å². The Labute approximate surface area is 74.0 Å². The van der Waals surface area contributed by atoms with Gasteiger partial charge in [0.1, 0.15) is 5.52 Å². The van der Waals surface area contributed by atoms with E-state index >= 15 is 0 Å². The van der Waals surface area contributed by atoms with E-state index < -0.39 is 4.92 Å². The molecule has 4 nitrogen and oxygen atoms in total. The molecule has 0 amide bonds. The third-order valence-corrected chi connectivity index (χ3v) is 1.76. The van der Waals surface area contributed by atoms with Crippen LogP contribution in [0.2, 0.25) is 0 Å². The molecule has 1 aromatic carbocycles. The number of fused-ring (bicyclic) bond motifs is 1. The van der Waals surface area contributed by atoms with E-state index in [0.717, 1.165) is 5.39 Å². The highest BCUT2D eigenvalue weighted by Crippen LogP contribution is 2.21. The molecule has 1 aromatic heterocycles. The number of pyridine rings is 1. The van der Waals surface area contributed by atoms with Crippen LogP contribution in [0, 0.1) is 16.3 Å². The summed E-state index contributed by atoms with van der Waals surface area (Å²) in [5.74, 6) is 0. The SMILES string of the molecule is O=[N+]([O-])c1cccc2cc[c]nc12. The largest absolute Gasteiger partial charge is 0.295 e. The maximum Gasteiger partial charge on any atom is 0.295 e. The summed E-state index contributed by atoms with van der Waals surface area (Å²) < 4.78 is 0. The predicted octanol–water partition coefficient (Wildman–Crippen LogP) is 1.94. The molecule has 0 aliphatic heterocycles. The Balaban J connectivity index is 2.83. The zero-order chi connectivity index (χ0) is 9.26. The summed E-state index contributed by atoms with van der Waals surface area (Å²) in [5, 5.41) is 11.3. The molecule has 63 valence electrons. The van der Waals surface area contributed by atoms with Crippen molar-refractivity contribution in [1.29, 1.82) is 0 Å². The quantitative estimate of drug-likeness (QED) is 0.489. The molecule has 1 radical (unpaired) electrons. The van der Waals surface area contributed by atoms with Gasteiger partial charge in [-0.1, -0.05) is 18.2 Å². The lowest BCUT2D eigenvalue weighted by Gasteiger charge is -1.95. The van der Waals surface area contributed by atoms with Crippen molar-refractivity contribution in [2.75, 3.05) is 0 Å². The van der Waals surface area contributed by atoms with Crippen LogP contribution in [-0.4, -0.2) is 9.91 Å². The highest BCUT2D eigenvalue weighted by atomic mass is 16.6. The molecule has 2 rings (SSSR count). The van der Waals surface area contributed by atoms with Gasteiger partial charge in [0.05, 0.1) is 11.1 Å². The summed E-state index contributed by atoms with van der Waals surface area (Å²) in [6, 6.07) is 8.23. The van der Waals surface area contributed by atoms with E-state index in [1.54, 1.807) is 24.3 Å². The summed E-state index contributed by atoms with van der Waals surface area (Å²) in [4.78, 5) is 14.0. The van der Waals surface area contributed by atoms with Gasteiger partial charge in [0, 0.05) is 11.5 Å². The highest BCUT2D eigenvalue weighted by molar-refractivity contribution is 5.86. The lowest BCUT2D eigenvalue weighted by atomic mass is 10.2. The molecule has 0 atom stereocenters. The molecule has 1 heterocycles. The molecular weight excluding hydrogens is 168 g/mol. The van der Waals surface area contributed by atoms with Crippen molar-refractivity contribution in [1.82, 2.24) is 4.98 Å². The molecule has 2 aromatic rings. The average molecular weight is 173 g/mol. The van der Waals surface area contributed by atoms with Crippen molar-refractivity contribution in [2.24, 2.45) is 0 Å². The lowest BCUT2D eigenvalue weighted by Crippen LogP contribution is -1.90. The molecule has 0 unspecified atom stereocenters. The summed E-state index contributed by atoms with van der Waals surface area (Å²) in [6.07, 6.45) is 2.58. The maximum atomic E-state index is 10.6. The maximum absolute atomic E-state index is 10.6. The van der Waals surface area contributed by atoms with Crippen molar-refractivity contribution in [3.63, 3.8) is 0 Å². The summed E-state index contributed by atoms with van der Waals surface area (Å²) in [6.45, 7) is 0. The average Bonchev–Trinajstić information content (AvgIpc) is 2.17. The third kappa shape index (κ3) is 1.22. The van der Waals surface area contributed by atoms with E-state index in [1.165, 1.54) is 6.07 Å². The number of benzene rings is 1. The topological polar surface area (TPSA) is 56.0 Å². The molecule has 0 bridgehead atoms. The van der Waals surface area contributed by atoms with E-state index in [2.05, 4.69) is 11.2 Å². The first-order valence-electron chi connectivity index (χ1n) is 3.69. The summed E-state index contributed by atoms with van der Waals surface area (Å²) in [7, 11) is 0. The molecule has 0 saturated heterocycles. The van der Waals surface area contributed by atoms with Gasteiger partial charge in [-0.3, -0.25) is 10.1 Å². The van der Waals surface area contributed by atoms with E-state index in [4.69, 9.17) is 0 Å². The van der Waals surface area contributed by atoms with Crippen molar-refractivity contribution in [2.45, 2.75) is 0 Å². The van der Waals surface area contributed by atoms with E-state index in [-0.39, 0.29) is 5.69 Å². The van der Waals surface area contributed by atoms with Crippen LogP contribution >= 0.6 is 0 Å². The van der Waals surface area contributed by atoms with Gasteiger partial charge in [-0.2, -0.15) is 0 Å². The lowest BCUT2D eigenvalue weighted by molar-refractivity contribution is -0.383. The predicted molar refractivity (Wildman–Crippen MR) is 47.2 cm³/mol. The first-order chi connectivity index (χ1) is 6.29. The van der Waals surface area contributed by atoms with Crippen LogP contribution in [0.1, 0.15) is 0 Å². The fourth-order valence-electron chi connectivity index (χ4n) is 1.18. The number of hydrogen-bond donors (Lipinski definition) is 0. The second-order valence-corrected chi connectivity index (χ2v) is 2.55. The second-order valence-electron chi connectivity index (χ2n) is 2.55. The van der Waals surface area contributed by atoms with Crippen molar-refractivity contribution in [3.8, 4) is 0 Å². The van der Waals surface area contributed by atoms with Crippen LogP contribution in [-0.2, 0) is 0 Å². The normalized spacial score (nSPS) is 10.2. The number of non-ortho nitro benzene ring substituents is 1. The number of aromatic nitrogens is 1. The molecule has 0 fully saturated rings. The van der Waals surface area contributed by atoms with Crippen LogP contribution in [0.3, 0.4) is 0 Å². The molecular formula is C9H5N2O2. The monoisotopic (exact) mass is 173 g/mol. The molecule has 0 N–H and O–H groups in total.